The predicted molar refractivity (Wildman–Crippen MR) is 48.9 cm³/mol. The molecule has 19 heavy (non-hydrogen) atoms. The van der Waals surface area contributed by atoms with E-state index in [9.17, 15) is 26.7 Å². The van der Waals surface area contributed by atoms with Gasteiger partial charge in [-0.1, -0.05) is 0 Å². The van der Waals surface area contributed by atoms with Crippen LogP contribution in [-0.4, -0.2) is 27.5 Å². The van der Waals surface area contributed by atoms with Gasteiger partial charge in [-0.15, -0.1) is 13.2 Å². The average Bonchev–Trinajstić information content (AvgIpc) is 2.20. The Balaban J connectivity index is 3.39. The molecule has 106 valence electrons. The van der Waals surface area contributed by atoms with Crippen LogP contribution >= 0.6 is 0 Å². The summed E-state index contributed by atoms with van der Waals surface area (Å²) in [6.45, 7) is 0. The second-order valence-electron chi connectivity index (χ2n) is 3.26. The van der Waals surface area contributed by atoms with Crippen molar-refractivity contribution in [1.82, 2.24) is 4.98 Å². The lowest BCUT2D eigenvalue weighted by Gasteiger charge is -2.15. The summed E-state index contributed by atoms with van der Waals surface area (Å²) >= 11 is 0. The molecule has 0 bridgehead atoms. The Kier molecular flexibility index (Phi) is 4.12. The number of carbonyl (C=O) groups is 1. The number of aliphatic carboxylic acids is 1. The van der Waals surface area contributed by atoms with E-state index in [-0.39, 0.29) is 0 Å². The van der Waals surface area contributed by atoms with E-state index >= 15 is 0 Å². The van der Waals surface area contributed by atoms with Crippen molar-refractivity contribution in [3.8, 4) is 11.5 Å². The van der Waals surface area contributed by atoms with Crippen LogP contribution in [0.4, 0.5) is 22.0 Å². The molecule has 0 saturated carbocycles. The fourth-order valence-electron chi connectivity index (χ4n) is 1.28. The van der Waals surface area contributed by atoms with Crippen LogP contribution in [0, 0.1) is 0 Å². The van der Waals surface area contributed by atoms with Crippen LogP contribution in [0.5, 0.6) is 11.5 Å². The molecular weight excluding hydrogens is 281 g/mol. The number of ether oxygens (including phenoxy) is 1. The van der Waals surface area contributed by atoms with E-state index < -0.39 is 47.9 Å². The minimum absolute atomic E-state index is 0.327. The molecule has 0 radical (unpaired) electrons. The lowest BCUT2D eigenvalue weighted by atomic mass is 10.1. The SMILES string of the molecule is O=C(O)Cc1c(C(F)F)ncc(O)c1OC(F)(F)F. The van der Waals surface area contributed by atoms with Crippen molar-refractivity contribution in [2.24, 2.45) is 0 Å². The molecule has 1 rings (SSSR count). The minimum Gasteiger partial charge on any atom is -0.503 e. The van der Waals surface area contributed by atoms with E-state index in [4.69, 9.17) is 10.2 Å². The van der Waals surface area contributed by atoms with Crippen molar-refractivity contribution in [2.75, 3.05) is 0 Å². The van der Waals surface area contributed by atoms with E-state index in [0.717, 1.165) is 0 Å². The smallest absolute Gasteiger partial charge is 0.503 e. The van der Waals surface area contributed by atoms with Crippen molar-refractivity contribution in [1.29, 1.82) is 0 Å². The highest BCUT2D eigenvalue weighted by molar-refractivity contribution is 5.72. The number of alkyl halides is 5. The zero-order valence-corrected chi connectivity index (χ0v) is 8.91. The molecule has 0 fully saturated rings. The number of carboxylic acid groups (broad SMARTS) is 1. The van der Waals surface area contributed by atoms with E-state index in [1.807, 2.05) is 0 Å². The summed E-state index contributed by atoms with van der Waals surface area (Å²) in [5.74, 6) is -4.25. The van der Waals surface area contributed by atoms with Crippen molar-refractivity contribution in [3.63, 3.8) is 0 Å². The fourth-order valence-corrected chi connectivity index (χ4v) is 1.28. The molecule has 0 atom stereocenters. The number of halogens is 5. The second-order valence-corrected chi connectivity index (χ2v) is 3.26. The number of rotatable bonds is 4. The molecule has 0 aromatic carbocycles. The molecule has 0 saturated heterocycles. The Bertz CT molecular complexity index is 488. The largest absolute Gasteiger partial charge is 0.573 e. The van der Waals surface area contributed by atoms with Gasteiger partial charge in [-0.3, -0.25) is 9.78 Å². The van der Waals surface area contributed by atoms with Gasteiger partial charge in [0, 0.05) is 5.56 Å². The predicted octanol–water partition coefficient (Wildman–Crippen LogP) is 2.25. The molecule has 0 unspecified atom stereocenters. The molecule has 0 aliphatic rings. The first-order chi connectivity index (χ1) is 8.61. The Morgan fingerprint density at radius 3 is 2.42 bits per heavy atom. The average molecular weight is 287 g/mol. The van der Waals surface area contributed by atoms with Crippen LogP contribution in [0.2, 0.25) is 0 Å². The Morgan fingerprint density at radius 1 is 1.42 bits per heavy atom. The molecule has 1 heterocycles. The molecule has 2 N–H and O–H groups in total. The minimum atomic E-state index is -5.27. The van der Waals surface area contributed by atoms with Gasteiger partial charge in [0.15, 0.2) is 11.5 Å². The molecule has 10 heteroatoms. The number of aromatic nitrogens is 1. The summed E-state index contributed by atoms with van der Waals surface area (Å²) in [6, 6.07) is 0. The van der Waals surface area contributed by atoms with Gasteiger partial charge in [0.25, 0.3) is 6.43 Å². The highest BCUT2D eigenvalue weighted by atomic mass is 19.4. The summed E-state index contributed by atoms with van der Waals surface area (Å²) in [5, 5.41) is 17.6. The van der Waals surface area contributed by atoms with Crippen molar-refractivity contribution >= 4 is 5.97 Å². The van der Waals surface area contributed by atoms with Gasteiger partial charge in [0.1, 0.15) is 5.69 Å². The maximum absolute atomic E-state index is 12.5. The summed E-state index contributed by atoms with van der Waals surface area (Å²) in [7, 11) is 0. The Hall–Kier alpha value is -2.13. The highest BCUT2D eigenvalue weighted by Crippen LogP contribution is 2.38. The topological polar surface area (TPSA) is 79.7 Å². The van der Waals surface area contributed by atoms with Gasteiger partial charge in [-0.05, 0) is 0 Å². The number of hydrogen-bond acceptors (Lipinski definition) is 4. The van der Waals surface area contributed by atoms with Crippen LogP contribution in [0.1, 0.15) is 17.7 Å². The highest BCUT2D eigenvalue weighted by Gasteiger charge is 2.35. The lowest BCUT2D eigenvalue weighted by Crippen LogP contribution is -2.20. The third kappa shape index (κ3) is 3.93. The van der Waals surface area contributed by atoms with Crippen LogP contribution < -0.4 is 4.74 Å². The number of nitrogens with zero attached hydrogens (tertiary/aromatic N) is 1. The Labute approximate surface area is 102 Å². The fraction of sp³-hybridized carbons (Fsp3) is 0.333. The van der Waals surface area contributed by atoms with Gasteiger partial charge in [0.2, 0.25) is 0 Å². The van der Waals surface area contributed by atoms with Crippen LogP contribution in [0.15, 0.2) is 6.20 Å². The second kappa shape index (κ2) is 5.24. The summed E-state index contributed by atoms with van der Waals surface area (Å²) in [6.07, 6.45) is -9.46. The van der Waals surface area contributed by atoms with Crippen molar-refractivity contribution in [3.05, 3.63) is 17.5 Å². The third-order valence-corrected chi connectivity index (χ3v) is 1.89. The zero-order valence-electron chi connectivity index (χ0n) is 8.91. The number of hydrogen-bond donors (Lipinski definition) is 2. The van der Waals surface area contributed by atoms with E-state index in [2.05, 4.69) is 9.72 Å². The first-order valence-electron chi connectivity index (χ1n) is 4.58. The maximum Gasteiger partial charge on any atom is 0.573 e. The van der Waals surface area contributed by atoms with Gasteiger partial charge in [-0.2, -0.15) is 0 Å². The zero-order chi connectivity index (χ0) is 14.8. The van der Waals surface area contributed by atoms with Crippen LogP contribution in [0.3, 0.4) is 0 Å². The molecule has 0 amide bonds. The number of carboxylic acids is 1. The normalized spacial score (nSPS) is 11.7. The van der Waals surface area contributed by atoms with Crippen molar-refractivity contribution < 1.29 is 41.7 Å². The van der Waals surface area contributed by atoms with Gasteiger partial charge in [0.05, 0.1) is 12.6 Å². The summed E-state index contributed by atoms with van der Waals surface area (Å²) in [5.41, 5.74) is -2.22. The van der Waals surface area contributed by atoms with Gasteiger partial charge < -0.3 is 14.9 Å². The molecule has 0 aliphatic heterocycles. The molecule has 1 aromatic rings. The summed E-state index contributed by atoms with van der Waals surface area (Å²) < 4.78 is 64.7. The van der Waals surface area contributed by atoms with E-state index in [1.165, 1.54) is 0 Å². The molecule has 0 aliphatic carbocycles. The number of aromatic hydroxyl groups is 1. The maximum atomic E-state index is 12.5. The molecule has 5 nitrogen and oxygen atoms in total. The summed E-state index contributed by atoms with van der Waals surface area (Å²) in [4.78, 5) is 13.5. The van der Waals surface area contributed by atoms with Crippen LogP contribution in [-0.2, 0) is 11.2 Å². The number of pyridine rings is 1. The lowest BCUT2D eigenvalue weighted by molar-refractivity contribution is -0.275. The van der Waals surface area contributed by atoms with Gasteiger partial charge in [-0.25, -0.2) is 8.78 Å². The molecule has 0 spiro atoms. The first kappa shape index (κ1) is 14.9. The first-order valence-corrected chi connectivity index (χ1v) is 4.58. The monoisotopic (exact) mass is 287 g/mol. The molecular formula is C9H6F5NO4. The Morgan fingerprint density at radius 2 is 2.00 bits per heavy atom. The quantitative estimate of drug-likeness (QED) is 0.830. The van der Waals surface area contributed by atoms with Crippen LogP contribution in [0.25, 0.3) is 0 Å². The van der Waals surface area contributed by atoms with E-state index in [0.29, 0.717) is 6.20 Å². The molecule has 1 aromatic heterocycles. The van der Waals surface area contributed by atoms with Crippen molar-refractivity contribution in [2.45, 2.75) is 19.2 Å². The van der Waals surface area contributed by atoms with E-state index in [1.54, 1.807) is 0 Å². The van der Waals surface area contributed by atoms with Gasteiger partial charge >= 0.3 is 12.3 Å². The third-order valence-electron chi connectivity index (χ3n) is 1.89. The standard InChI is InChI=1S/C9H6F5NO4/c10-8(11)6-3(1-5(17)18)7(4(16)2-15-6)19-9(12,13)14/h2,8,16H,1H2,(H,17,18).